The molecule has 1 saturated heterocycles. The van der Waals surface area contributed by atoms with Crippen molar-refractivity contribution in [1.29, 1.82) is 0 Å². The molecule has 0 saturated carbocycles. The average molecular weight is 428 g/mol. The molecule has 1 aliphatic rings. The van der Waals surface area contributed by atoms with Crippen molar-refractivity contribution in [2.45, 2.75) is 24.3 Å². The number of hydrogen-bond acceptors (Lipinski definition) is 5. The van der Waals surface area contributed by atoms with Crippen LogP contribution in [0.5, 0.6) is 5.75 Å². The molecule has 0 aliphatic carbocycles. The molecule has 3 rings (SSSR count). The van der Waals surface area contributed by atoms with Crippen LogP contribution in [0.15, 0.2) is 53.4 Å². The van der Waals surface area contributed by atoms with Crippen molar-refractivity contribution in [3.63, 3.8) is 0 Å². The van der Waals surface area contributed by atoms with Gasteiger partial charge in [0.1, 0.15) is 5.75 Å². The number of carbonyl (C=O) groups excluding carboxylic acids is 2. The lowest BCUT2D eigenvalue weighted by Crippen LogP contribution is -2.43. The van der Waals surface area contributed by atoms with E-state index in [9.17, 15) is 14.7 Å². The first-order chi connectivity index (χ1) is 14.5. The molecule has 0 spiro atoms. The topological polar surface area (TPSA) is 72.9 Å². The monoisotopic (exact) mass is 427 g/mol. The van der Waals surface area contributed by atoms with Crippen LogP contribution in [0.3, 0.4) is 0 Å². The van der Waals surface area contributed by atoms with Gasteiger partial charge in [-0.3, -0.25) is 14.5 Å². The fourth-order valence-electron chi connectivity index (χ4n) is 3.57. The van der Waals surface area contributed by atoms with Gasteiger partial charge in [-0.25, -0.2) is 0 Å². The summed E-state index contributed by atoms with van der Waals surface area (Å²) in [4.78, 5) is 30.2. The Morgan fingerprint density at radius 1 is 1.13 bits per heavy atom. The van der Waals surface area contributed by atoms with Gasteiger partial charge in [0.25, 0.3) is 0 Å². The van der Waals surface area contributed by atoms with E-state index in [2.05, 4.69) is 34.5 Å². The summed E-state index contributed by atoms with van der Waals surface area (Å²) in [6.45, 7) is 2.38. The van der Waals surface area contributed by atoms with Gasteiger partial charge >= 0.3 is 0 Å². The van der Waals surface area contributed by atoms with Gasteiger partial charge < -0.3 is 15.3 Å². The van der Waals surface area contributed by atoms with E-state index in [4.69, 9.17) is 0 Å². The lowest BCUT2D eigenvalue weighted by atomic mass is 9.95. The predicted molar refractivity (Wildman–Crippen MR) is 121 cm³/mol. The van der Waals surface area contributed by atoms with Crippen molar-refractivity contribution in [2.75, 3.05) is 38.3 Å². The maximum absolute atomic E-state index is 12.6. The second-order valence-electron chi connectivity index (χ2n) is 7.65. The van der Waals surface area contributed by atoms with Crippen LogP contribution in [0.4, 0.5) is 5.69 Å². The molecule has 160 valence electrons. The highest BCUT2D eigenvalue weighted by atomic mass is 32.2. The standard InChI is InChI=1S/C23H29N3O3S/c1-25(15-17-7-9-19(30-2)10-8-17)22(28)16-26-13-11-18(12-14-26)23(29)24-20-5-3-4-6-21(20)27/h3-10,18,27H,11-16H2,1-2H3,(H,24,29). The van der Waals surface area contributed by atoms with E-state index in [1.165, 1.54) is 4.90 Å². The zero-order valence-corrected chi connectivity index (χ0v) is 18.3. The number of likely N-dealkylation sites (tertiary alicyclic amines) is 1. The molecule has 1 fully saturated rings. The molecule has 2 N–H and O–H groups in total. The largest absolute Gasteiger partial charge is 0.506 e. The molecule has 0 atom stereocenters. The predicted octanol–water partition coefficient (Wildman–Crippen LogP) is 3.42. The van der Waals surface area contributed by atoms with E-state index < -0.39 is 0 Å². The Labute approximate surface area is 182 Å². The molecule has 1 heterocycles. The van der Waals surface area contributed by atoms with Crippen LogP contribution >= 0.6 is 11.8 Å². The number of thioether (sulfide) groups is 1. The number of carbonyl (C=O) groups is 2. The maximum Gasteiger partial charge on any atom is 0.236 e. The number of rotatable bonds is 7. The summed E-state index contributed by atoms with van der Waals surface area (Å²) in [5.41, 5.74) is 1.55. The first-order valence-corrected chi connectivity index (χ1v) is 11.4. The third-order valence-corrected chi connectivity index (χ3v) is 6.23. The van der Waals surface area contributed by atoms with Gasteiger partial charge in [0.05, 0.1) is 12.2 Å². The van der Waals surface area contributed by atoms with Gasteiger partial charge in [0.2, 0.25) is 11.8 Å². The van der Waals surface area contributed by atoms with E-state index in [1.54, 1.807) is 40.9 Å². The van der Waals surface area contributed by atoms with Crippen molar-refractivity contribution in [1.82, 2.24) is 9.80 Å². The molecule has 0 unspecified atom stereocenters. The number of nitrogens with zero attached hydrogens (tertiary/aromatic N) is 2. The maximum atomic E-state index is 12.6. The lowest BCUT2D eigenvalue weighted by molar-refractivity contribution is -0.132. The number of benzene rings is 2. The van der Waals surface area contributed by atoms with Crippen LogP contribution in [0.2, 0.25) is 0 Å². The first-order valence-electron chi connectivity index (χ1n) is 10.1. The molecular weight excluding hydrogens is 398 g/mol. The molecule has 0 bridgehead atoms. The minimum absolute atomic E-state index is 0.0695. The number of para-hydroxylation sites is 2. The normalized spacial score (nSPS) is 15.0. The minimum Gasteiger partial charge on any atom is -0.506 e. The number of nitrogens with one attached hydrogen (secondary N) is 1. The number of hydrogen-bond donors (Lipinski definition) is 2. The second-order valence-corrected chi connectivity index (χ2v) is 8.53. The number of aromatic hydroxyl groups is 1. The van der Waals surface area contributed by atoms with Crippen LogP contribution in [0.1, 0.15) is 18.4 Å². The number of likely N-dealkylation sites (N-methyl/N-ethyl adjacent to an activating group) is 1. The summed E-state index contributed by atoms with van der Waals surface area (Å²) in [7, 11) is 1.83. The Kier molecular flexibility index (Phi) is 7.76. The summed E-state index contributed by atoms with van der Waals surface area (Å²) in [6.07, 6.45) is 3.45. The fourth-order valence-corrected chi connectivity index (χ4v) is 3.98. The Morgan fingerprint density at radius 2 is 1.80 bits per heavy atom. The van der Waals surface area contributed by atoms with Gasteiger partial charge in [-0.1, -0.05) is 24.3 Å². The molecule has 30 heavy (non-hydrogen) atoms. The fraction of sp³-hybridized carbons (Fsp3) is 0.391. The third kappa shape index (κ3) is 6.00. The minimum atomic E-state index is -0.108. The lowest BCUT2D eigenvalue weighted by Gasteiger charge is -2.32. The number of piperidine rings is 1. The second kappa shape index (κ2) is 10.5. The van der Waals surface area contributed by atoms with E-state index in [0.29, 0.717) is 44.7 Å². The number of phenols is 1. The quantitative estimate of drug-likeness (QED) is 0.523. The SMILES string of the molecule is CSc1ccc(CN(C)C(=O)CN2CCC(C(=O)Nc3ccccc3O)CC2)cc1. The molecular formula is C23H29N3O3S. The van der Waals surface area contributed by atoms with Crippen LogP contribution in [-0.4, -0.2) is 59.7 Å². The summed E-state index contributed by atoms with van der Waals surface area (Å²) < 4.78 is 0. The Bertz CT molecular complexity index is 864. The first kappa shape index (κ1) is 22.2. The Morgan fingerprint density at radius 3 is 2.43 bits per heavy atom. The molecule has 7 heteroatoms. The Balaban J connectivity index is 1.43. The number of phenolic OH excluding ortho intramolecular Hbond substituents is 1. The molecule has 0 radical (unpaired) electrons. The van der Waals surface area contributed by atoms with Crippen LogP contribution in [-0.2, 0) is 16.1 Å². The molecule has 2 amide bonds. The molecule has 2 aromatic carbocycles. The van der Waals surface area contributed by atoms with Crippen molar-refractivity contribution < 1.29 is 14.7 Å². The van der Waals surface area contributed by atoms with E-state index >= 15 is 0 Å². The van der Waals surface area contributed by atoms with Crippen molar-refractivity contribution >= 4 is 29.3 Å². The molecule has 0 aromatic heterocycles. The van der Waals surface area contributed by atoms with Crippen molar-refractivity contribution in [3.8, 4) is 5.75 Å². The van der Waals surface area contributed by atoms with Crippen LogP contribution in [0.25, 0.3) is 0 Å². The van der Waals surface area contributed by atoms with E-state index in [-0.39, 0.29) is 23.5 Å². The summed E-state index contributed by atoms with van der Waals surface area (Å²) in [6, 6.07) is 15.0. The van der Waals surface area contributed by atoms with Gasteiger partial charge in [-0.15, -0.1) is 11.8 Å². The van der Waals surface area contributed by atoms with Gasteiger partial charge in [-0.05, 0) is 62.0 Å². The van der Waals surface area contributed by atoms with Crippen LogP contribution in [0, 0.1) is 5.92 Å². The highest BCUT2D eigenvalue weighted by molar-refractivity contribution is 7.98. The summed E-state index contributed by atoms with van der Waals surface area (Å²) in [5.74, 6) is -0.0296. The molecule has 6 nitrogen and oxygen atoms in total. The zero-order valence-electron chi connectivity index (χ0n) is 17.5. The summed E-state index contributed by atoms with van der Waals surface area (Å²) in [5, 5.41) is 12.6. The van der Waals surface area contributed by atoms with E-state index in [1.807, 2.05) is 13.3 Å². The number of anilines is 1. The molecule has 1 aliphatic heterocycles. The highest BCUT2D eigenvalue weighted by Crippen LogP contribution is 2.25. The smallest absolute Gasteiger partial charge is 0.236 e. The third-order valence-electron chi connectivity index (χ3n) is 5.48. The van der Waals surface area contributed by atoms with Crippen molar-refractivity contribution in [3.05, 3.63) is 54.1 Å². The van der Waals surface area contributed by atoms with Crippen LogP contribution < -0.4 is 5.32 Å². The zero-order chi connectivity index (χ0) is 21.5. The van der Waals surface area contributed by atoms with Gasteiger partial charge in [0, 0.05) is 24.4 Å². The molecule has 2 aromatic rings. The Hall–Kier alpha value is -2.51. The van der Waals surface area contributed by atoms with E-state index in [0.717, 1.165) is 5.56 Å². The summed E-state index contributed by atoms with van der Waals surface area (Å²) >= 11 is 1.70. The average Bonchev–Trinajstić information content (AvgIpc) is 2.76. The number of amides is 2. The van der Waals surface area contributed by atoms with Crippen molar-refractivity contribution in [2.24, 2.45) is 5.92 Å². The highest BCUT2D eigenvalue weighted by Gasteiger charge is 2.27. The van der Waals surface area contributed by atoms with Gasteiger partial charge in [0.15, 0.2) is 0 Å². The van der Waals surface area contributed by atoms with Gasteiger partial charge in [-0.2, -0.15) is 0 Å².